The first kappa shape index (κ1) is 11.4. The molecule has 1 atom stereocenters. The first-order chi connectivity index (χ1) is 5.66. The summed E-state index contributed by atoms with van der Waals surface area (Å²) < 4.78 is 11.6. The van der Waals surface area contributed by atoms with Crippen LogP contribution < -0.4 is 0 Å². The molecule has 1 N–H and O–H groups in total. The van der Waals surface area contributed by atoms with Gasteiger partial charge in [-0.2, -0.15) is 0 Å². The average molecular weight is 175 g/mol. The predicted molar refractivity (Wildman–Crippen MR) is 45.9 cm³/mol. The minimum absolute atomic E-state index is 0.224. The highest BCUT2D eigenvalue weighted by Crippen LogP contribution is 2.12. The van der Waals surface area contributed by atoms with Crippen molar-refractivity contribution in [2.75, 3.05) is 6.67 Å². The van der Waals surface area contributed by atoms with Gasteiger partial charge in [0.25, 0.3) is 0 Å². The Hall–Kier alpha value is -0.600. The zero-order valence-corrected chi connectivity index (χ0v) is 7.55. The second-order valence-electron chi connectivity index (χ2n) is 3.24. The van der Waals surface area contributed by atoms with E-state index in [1.54, 1.807) is 0 Å². The lowest BCUT2D eigenvalue weighted by Crippen LogP contribution is -2.03. The molecule has 0 aliphatic carbocycles. The molecule has 0 aromatic heterocycles. The molecule has 0 fully saturated rings. The monoisotopic (exact) mass is 175 g/mol. The minimum atomic E-state index is -0.743. The van der Waals surface area contributed by atoms with Crippen LogP contribution in [0.1, 0.15) is 39.0 Å². The molecule has 12 heavy (non-hydrogen) atoms. The van der Waals surface area contributed by atoms with E-state index in [2.05, 4.69) is 0 Å². The number of unbranched alkanes of at least 4 members (excludes halogenated alkanes) is 2. The summed E-state index contributed by atoms with van der Waals surface area (Å²) in [6.07, 6.45) is 3.56. The number of hydrogen-bond donors (Lipinski definition) is 1. The van der Waals surface area contributed by atoms with E-state index in [-0.39, 0.29) is 19.0 Å². The second-order valence-corrected chi connectivity index (χ2v) is 3.24. The Morgan fingerprint density at radius 1 is 1.42 bits per heavy atom. The van der Waals surface area contributed by atoms with Crippen LogP contribution in [-0.4, -0.2) is 17.8 Å². The highest BCUT2D eigenvalue weighted by molar-refractivity contribution is 5.66. The lowest BCUT2D eigenvalue weighted by atomic mass is 10.0. The van der Waals surface area contributed by atoms with Crippen molar-refractivity contribution < 1.29 is 14.3 Å². The van der Waals surface area contributed by atoms with Gasteiger partial charge >= 0.3 is 5.97 Å². The number of carboxylic acids is 1. The quantitative estimate of drug-likeness (QED) is 0.604. The minimum Gasteiger partial charge on any atom is -0.481 e. The molecule has 1 unspecified atom stereocenters. The van der Waals surface area contributed by atoms with Gasteiger partial charge in [-0.05, 0) is 12.3 Å². The van der Waals surface area contributed by atoms with Crippen LogP contribution in [0, 0.1) is 5.92 Å². The molecule has 0 saturated heterocycles. The average Bonchev–Trinajstić information content (AvgIpc) is 1.97. The summed E-state index contributed by atoms with van der Waals surface area (Å²) >= 11 is 0. The molecule has 0 aliphatic rings. The lowest BCUT2D eigenvalue weighted by Gasteiger charge is -2.06. The topological polar surface area (TPSA) is 37.3 Å². The van der Waals surface area contributed by atoms with Gasteiger partial charge in [-0.15, -0.1) is 0 Å². The summed E-state index contributed by atoms with van der Waals surface area (Å²) in [4.78, 5) is 10.2. The summed E-state index contributed by atoms with van der Waals surface area (Å²) in [5, 5.41) is 8.43. The zero-order valence-electron chi connectivity index (χ0n) is 7.55. The molecule has 0 saturated carbocycles. The summed E-state index contributed by atoms with van der Waals surface area (Å²) in [6, 6.07) is 0. The lowest BCUT2D eigenvalue weighted by molar-refractivity contribution is -0.138. The van der Waals surface area contributed by atoms with Crippen molar-refractivity contribution in [1.82, 2.24) is 0 Å². The number of carbonyl (C=O) groups is 1. The van der Waals surface area contributed by atoms with Crippen molar-refractivity contribution in [3.05, 3.63) is 0 Å². The maximum absolute atomic E-state index is 11.6. The SMILES string of the molecule is CC(CCCCC[18F])CC(=O)O. The van der Waals surface area contributed by atoms with Crippen LogP contribution in [0.15, 0.2) is 0 Å². The van der Waals surface area contributed by atoms with Gasteiger partial charge in [0.15, 0.2) is 0 Å². The molecule has 0 radical (unpaired) electrons. The number of aliphatic carboxylic acids is 1. The van der Waals surface area contributed by atoms with Gasteiger partial charge in [0.2, 0.25) is 0 Å². The zero-order chi connectivity index (χ0) is 9.40. The fourth-order valence-electron chi connectivity index (χ4n) is 1.16. The third kappa shape index (κ3) is 7.51. The van der Waals surface area contributed by atoms with E-state index in [4.69, 9.17) is 5.11 Å². The first-order valence-corrected chi connectivity index (χ1v) is 4.44. The third-order valence-corrected chi connectivity index (χ3v) is 1.85. The summed E-state index contributed by atoms with van der Waals surface area (Å²) in [5.74, 6) is -0.518. The van der Waals surface area contributed by atoms with Crippen molar-refractivity contribution in [1.29, 1.82) is 0 Å². The van der Waals surface area contributed by atoms with Gasteiger partial charge in [-0.1, -0.05) is 26.2 Å². The molecule has 0 aliphatic heterocycles. The number of rotatable bonds is 7. The fourth-order valence-corrected chi connectivity index (χ4v) is 1.16. The molecular formula is C9H17FO2. The molecule has 3 heteroatoms. The number of carboxylic acid groups (broad SMARTS) is 1. The van der Waals surface area contributed by atoms with Crippen molar-refractivity contribution in [2.24, 2.45) is 5.92 Å². The van der Waals surface area contributed by atoms with E-state index >= 15 is 0 Å². The standard InChI is InChI=1S/C9H17FO2/c1-8(7-9(11)12)5-3-2-4-6-10/h8H,2-7H2,1H3,(H,11,12)/i10-1. The molecule has 72 valence electrons. The van der Waals surface area contributed by atoms with Crippen molar-refractivity contribution in [3.63, 3.8) is 0 Å². The number of alkyl halides is 1. The van der Waals surface area contributed by atoms with Crippen LogP contribution in [-0.2, 0) is 4.79 Å². The number of hydrogen-bond acceptors (Lipinski definition) is 1. The molecule has 0 aromatic rings. The van der Waals surface area contributed by atoms with Gasteiger partial charge in [0, 0.05) is 6.42 Å². The molecule has 0 aromatic carbocycles. The van der Waals surface area contributed by atoms with Crippen molar-refractivity contribution >= 4 is 5.97 Å². The van der Waals surface area contributed by atoms with Gasteiger partial charge in [-0.3, -0.25) is 9.18 Å². The third-order valence-electron chi connectivity index (χ3n) is 1.85. The van der Waals surface area contributed by atoms with Crippen LogP contribution in [0.4, 0.5) is 4.39 Å². The molecule has 2 nitrogen and oxygen atoms in total. The van der Waals surface area contributed by atoms with Gasteiger partial charge < -0.3 is 5.11 Å². The highest BCUT2D eigenvalue weighted by Gasteiger charge is 2.06. The Kier molecular flexibility index (Phi) is 6.72. The van der Waals surface area contributed by atoms with Gasteiger partial charge in [0.05, 0.1) is 6.67 Å². The largest absolute Gasteiger partial charge is 0.481 e. The molecule has 0 bridgehead atoms. The van der Waals surface area contributed by atoms with E-state index in [0.29, 0.717) is 6.42 Å². The van der Waals surface area contributed by atoms with Crippen molar-refractivity contribution in [2.45, 2.75) is 39.0 Å². The summed E-state index contributed by atoms with van der Waals surface area (Å²) in [6.45, 7) is 1.66. The molecule has 0 amide bonds. The summed E-state index contributed by atoms with van der Waals surface area (Å²) in [7, 11) is 0. The highest BCUT2D eigenvalue weighted by atomic mass is 18.2. The van der Waals surface area contributed by atoms with E-state index < -0.39 is 5.97 Å². The first-order valence-electron chi connectivity index (χ1n) is 4.44. The fraction of sp³-hybridized carbons (Fsp3) is 0.889. The number of halogens is 1. The van der Waals surface area contributed by atoms with Crippen molar-refractivity contribution in [3.8, 4) is 0 Å². The van der Waals surface area contributed by atoms with Crippen LogP contribution in [0.2, 0.25) is 0 Å². The van der Waals surface area contributed by atoms with Crippen LogP contribution in [0.3, 0.4) is 0 Å². The maximum atomic E-state index is 11.6. The van der Waals surface area contributed by atoms with Crippen LogP contribution >= 0.6 is 0 Å². The van der Waals surface area contributed by atoms with E-state index in [0.717, 1.165) is 19.3 Å². The van der Waals surface area contributed by atoms with E-state index in [9.17, 15) is 9.18 Å². The predicted octanol–water partition coefficient (Wildman–Crippen LogP) is 2.63. The van der Waals surface area contributed by atoms with Crippen LogP contribution in [0.25, 0.3) is 0 Å². The second kappa shape index (κ2) is 7.07. The van der Waals surface area contributed by atoms with Gasteiger partial charge in [0.1, 0.15) is 0 Å². The Balaban J connectivity index is 3.19. The smallest absolute Gasteiger partial charge is 0.303 e. The maximum Gasteiger partial charge on any atom is 0.303 e. The Morgan fingerprint density at radius 3 is 2.58 bits per heavy atom. The van der Waals surface area contributed by atoms with Crippen LogP contribution in [0.5, 0.6) is 0 Å². The summed E-state index contributed by atoms with van der Waals surface area (Å²) in [5.41, 5.74) is 0. The molecule has 0 heterocycles. The van der Waals surface area contributed by atoms with E-state index in [1.807, 2.05) is 6.92 Å². The molecular weight excluding hydrogens is 158 g/mol. The normalized spacial score (nSPS) is 12.8. The van der Waals surface area contributed by atoms with Gasteiger partial charge in [-0.25, -0.2) is 0 Å². The molecule has 0 rings (SSSR count). The Morgan fingerprint density at radius 2 is 2.08 bits per heavy atom. The Bertz CT molecular complexity index is 126. The molecule has 0 spiro atoms. The van der Waals surface area contributed by atoms with E-state index in [1.165, 1.54) is 0 Å². The Labute approximate surface area is 72.8 Å².